The van der Waals surface area contributed by atoms with Crippen LogP contribution in [0.25, 0.3) is 0 Å². The Kier molecular flexibility index (Phi) is 4.26. The highest BCUT2D eigenvalue weighted by molar-refractivity contribution is 5.78. The standard InChI is InChI=1S/C10H12N2O4/c13-9(14)4-7(10(15)16)5-12-8-2-1-3-11-6-8/h1-3,6-7,12H,4-5H2,(H,13,14)(H,15,16). The van der Waals surface area contributed by atoms with Crippen LogP contribution in [0, 0.1) is 5.92 Å². The highest BCUT2D eigenvalue weighted by atomic mass is 16.4. The SMILES string of the molecule is O=C(O)CC(CNc1cccnc1)C(=O)O. The van der Waals surface area contributed by atoms with Gasteiger partial charge in [0.05, 0.1) is 18.0 Å². The number of hydrogen-bond donors (Lipinski definition) is 3. The summed E-state index contributed by atoms with van der Waals surface area (Å²) >= 11 is 0. The summed E-state index contributed by atoms with van der Waals surface area (Å²) in [5, 5.41) is 20.1. The predicted octanol–water partition coefficient (Wildman–Crippen LogP) is 0.669. The average molecular weight is 224 g/mol. The van der Waals surface area contributed by atoms with Crippen molar-refractivity contribution in [3.05, 3.63) is 24.5 Å². The molecule has 1 atom stereocenters. The van der Waals surface area contributed by atoms with Gasteiger partial charge in [-0.15, -0.1) is 0 Å². The van der Waals surface area contributed by atoms with Gasteiger partial charge in [0.15, 0.2) is 0 Å². The summed E-state index contributed by atoms with van der Waals surface area (Å²) in [7, 11) is 0. The molecule has 1 aromatic rings. The van der Waals surface area contributed by atoms with Crippen molar-refractivity contribution in [3.8, 4) is 0 Å². The van der Waals surface area contributed by atoms with Gasteiger partial charge in [-0.2, -0.15) is 0 Å². The van der Waals surface area contributed by atoms with Crippen molar-refractivity contribution in [2.24, 2.45) is 5.92 Å². The van der Waals surface area contributed by atoms with E-state index in [0.29, 0.717) is 5.69 Å². The first-order valence-corrected chi connectivity index (χ1v) is 4.68. The van der Waals surface area contributed by atoms with Crippen LogP contribution in [0.15, 0.2) is 24.5 Å². The molecule has 0 aliphatic rings. The highest BCUT2D eigenvalue weighted by Crippen LogP contribution is 2.08. The quantitative estimate of drug-likeness (QED) is 0.656. The number of hydrogen-bond acceptors (Lipinski definition) is 4. The molecule has 0 amide bonds. The first kappa shape index (κ1) is 12.0. The minimum absolute atomic E-state index is 0.0628. The molecule has 86 valence electrons. The van der Waals surface area contributed by atoms with E-state index >= 15 is 0 Å². The summed E-state index contributed by atoms with van der Waals surface area (Å²) in [5.74, 6) is -3.20. The predicted molar refractivity (Wildman–Crippen MR) is 56.1 cm³/mol. The van der Waals surface area contributed by atoms with Crippen LogP contribution < -0.4 is 5.32 Å². The van der Waals surface area contributed by atoms with Crippen molar-refractivity contribution in [2.45, 2.75) is 6.42 Å². The van der Waals surface area contributed by atoms with Crippen LogP contribution in [0.3, 0.4) is 0 Å². The summed E-state index contributed by atoms with van der Waals surface area (Å²) in [6, 6.07) is 3.43. The minimum Gasteiger partial charge on any atom is -0.481 e. The monoisotopic (exact) mass is 224 g/mol. The molecular weight excluding hydrogens is 212 g/mol. The molecule has 0 fully saturated rings. The molecule has 16 heavy (non-hydrogen) atoms. The second-order valence-corrected chi connectivity index (χ2v) is 3.26. The van der Waals surface area contributed by atoms with Crippen LogP contribution in [0.5, 0.6) is 0 Å². The minimum atomic E-state index is -1.13. The highest BCUT2D eigenvalue weighted by Gasteiger charge is 2.20. The third-order valence-electron chi connectivity index (χ3n) is 1.98. The zero-order chi connectivity index (χ0) is 12.0. The van der Waals surface area contributed by atoms with Crippen molar-refractivity contribution in [1.82, 2.24) is 4.98 Å². The molecule has 0 radical (unpaired) electrons. The fourth-order valence-corrected chi connectivity index (χ4v) is 1.17. The van der Waals surface area contributed by atoms with Gasteiger partial charge in [-0.1, -0.05) is 0 Å². The maximum atomic E-state index is 10.7. The van der Waals surface area contributed by atoms with Crippen molar-refractivity contribution in [3.63, 3.8) is 0 Å². The molecule has 1 unspecified atom stereocenters. The topological polar surface area (TPSA) is 99.5 Å². The van der Waals surface area contributed by atoms with Gasteiger partial charge in [0.2, 0.25) is 0 Å². The number of carboxylic acids is 2. The third kappa shape index (κ3) is 3.95. The molecule has 0 saturated carbocycles. The van der Waals surface area contributed by atoms with E-state index in [1.165, 1.54) is 0 Å². The number of nitrogens with zero attached hydrogens (tertiary/aromatic N) is 1. The van der Waals surface area contributed by atoms with Crippen molar-refractivity contribution in [2.75, 3.05) is 11.9 Å². The average Bonchev–Trinajstić information content (AvgIpc) is 2.25. The molecule has 6 heteroatoms. The Morgan fingerprint density at radius 3 is 2.69 bits per heavy atom. The van der Waals surface area contributed by atoms with Crippen LogP contribution in [-0.2, 0) is 9.59 Å². The lowest BCUT2D eigenvalue weighted by Gasteiger charge is -2.11. The molecule has 0 aliphatic carbocycles. The summed E-state index contributed by atoms with van der Waals surface area (Å²) in [6.07, 6.45) is 2.74. The van der Waals surface area contributed by atoms with Crippen LogP contribution in [0.4, 0.5) is 5.69 Å². The van der Waals surface area contributed by atoms with E-state index in [9.17, 15) is 9.59 Å². The molecule has 6 nitrogen and oxygen atoms in total. The van der Waals surface area contributed by atoms with Gasteiger partial charge < -0.3 is 15.5 Å². The van der Waals surface area contributed by atoms with Crippen LogP contribution in [0.2, 0.25) is 0 Å². The number of pyridine rings is 1. The van der Waals surface area contributed by atoms with Gasteiger partial charge in [0, 0.05) is 18.9 Å². The van der Waals surface area contributed by atoms with Crippen molar-refractivity contribution in [1.29, 1.82) is 0 Å². The number of carboxylic acid groups (broad SMARTS) is 2. The van der Waals surface area contributed by atoms with Gasteiger partial charge in [0.1, 0.15) is 0 Å². The van der Waals surface area contributed by atoms with E-state index in [1.807, 2.05) is 0 Å². The lowest BCUT2D eigenvalue weighted by molar-refractivity contribution is -0.147. The Labute approximate surface area is 91.9 Å². The smallest absolute Gasteiger partial charge is 0.308 e. The Balaban J connectivity index is 2.50. The van der Waals surface area contributed by atoms with Gasteiger partial charge in [0.25, 0.3) is 0 Å². The first-order valence-electron chi connectivity index (χ1n) is 4.68. The number of aliphatic carboxylic acids is 2. The van der Waals surface area contributed by atoms with E-state index < -0.39 is 24.3 Å². The molecule has 1 rings (SSSR count). The first-order chi connectivity index (χ1) is 7.59. The Hall–Kier alpha value is -2.11. The van der Waals surface area contributed by atoms with Gasteiger partial charge >= 0.3 is 11.9 Å². The fraction of sp³-hybridized carbons (Fsp3) is 0.300. The van der Waals surface area contributed by atoms with Crippen molar-refractivity contribution >= 4 is 17.6 Å². The Bertz CT molecular complexity index is 366. The maximum absolute atomic E-state index is 10.7. The summed E-state index contributed by atoms with van der Waals surface area (Å²) in [6.45, 7) is 0.0628. The van der Waals surface area contributed by atoms with E-state index in [0.717, 1.165) is 0 Å². The zero-order valence-corrected chi connectivity index (χ0v) is 8.46. The molecule has 0 aromatic carbocycles. The van der Waals surface area contributed by atoms with E-state index in [1.54, 1.807) is 24.5 Å². The number of aromatic nitrogens is 1. The second-order valence-electron chi connectivity index (χ2n) is 3.26. The molecular formula is C10H12N2O4. The van der Waals surface area contributed by atoms with Gasteiger partial charge in [-0.25, -0.2) is 0 Å². The lowest BCUT2D eigenvalue weighted by atomic mass is 10.1. The second kappa shape index (κ2) is 5.69. The zero-order valence-electron chi connectivity index (χ0n) is 8.46. The molecule has 1 heterocycles. The van der Waals surface area contributed by atoms with Crippen LogP contribution in [0.1, 0.15) is 6.42 Å². The van der Waals surface area contributed by atoms with Gasteiger partial charge in [-0.05, 0) is 12.1 Å². The maximum Gasteiger partial charge on any atom is 0.308 e. The third-order valence-corrected chi connectivity index (χ3v) is 1.98. The molecule has 0 spiro atoms. The fourth-order valence-electron chi connectivity index (χ4n) is 1.17. The van der Waals surface area contributed by atoms with Crippen molar-refractivity contribution < 1.29 is 19.8 Å². The molecule has 0 bridgehead atoms. The van der Waals surface area contributed by atoms with E-state index in [4.69, 9.17) is 10.2 Å². The van der Waals surface area contributed by atoms with Crippen LogP contribution >= 0.6 is 0 Å². The Morgan fingerprint density at radius 2 is 2.19 bits per heavy atom. The largest absolute Gasteiger partial charge is 0.481 e. The normalized spacial score (nSPS) is 11.8. The molecule has 3 N–H and O–H groups in total. The Morgan fingerprint density at radius 1 is 1.44 bits per heavy atom. The lowest BCUT2D eigenvalue weighted by Crippen LogP contribution is -2.25. The van der Waals surface area contributed by atoms with E-state index in [-0.39, 0.29) is 6.54 Å². The summed E-state index contributed by atoms with van der Waals surface area (Å²) in [4.78, 5) is 25.0. The van der Waals surface area contributed by atoms with Crippen LogP contribution in [-0.4, -0.2) is 33.7 Å². The summed E-state index contributed by atoms with van der Waals surface area (Å²) < 4.78 is 0. The molecule has 1 aromatic heterocycles. The number of nitrogens with one attached hydrogen (secondary N) is 1. The number of carbonyl (C=O) groups is 2. The van der Waals surface area contributed by atoms with Gasteiger partial charge in [-0.3, -0.25) is 14.6 Å². The van der Waals surface area contributed by atoms with E-state index in [2.05, 4.69) is 10.3 Å². The number of anilines is 1. The molecule has 0 aliphatic heterocycles. The summed E-state index contributed by atoms with van der Waals surface area (Å²) in [5.41, 5.74) is 0.666. The molecule has 0 saturated heterocycles. The number of rotatable bonds is 6.